The van der Waals surface area contributed by atoms with Crippen LogP contribution in [-0.2, 0) is 0 Å². The van der Waals surface area contributed by atoms with Gasteiger partial charge in [-0.25, -0.2) is 4.39 Å². The molecule has 0 aliphatic rings. The highest BCUT2D eigenvalue weighted by Crippen LogP contribution is 2.11. The van der Waals surface area contributed by atoms with Gasteiger partial charge in [-0.05, 0) is 35.8 Å². The lowest BCUT2D eigenvalue weighted by Crippen LogP contribution is -2.25. The number of nitrogens with one attached hydrogen (secondary N) is 1. The van der Waals surface area contributed by atoms with Gasteiger partial charge in [0.1, 0.15) is 5.82 Å². The number of hydrogen-bond donors (Lipinski definition) is 1. The Labute approximate surface area is 109 Å². The van der Waals surface area contributed by atoms with Gasteiger partial charge in [0, 0.05) is 6.54 Å². The summed E-state index contributed by atoms with van der Waals surface area (Å²) < 4.78 is 14.6. The zero-order chi connectivity index (χ0) is 12.0. The molecule has 0 bridgehead atoms. The largest absolute Gasteiger partial charge is 0.352 e. The lowest BCUT2D eigenvalue weighted by atomic mass is 10.1. The molecule has 0 aromatic heterocycles. The summed E-state index contributed by atoms with van der Waals surface area (Å²) in [6, 6.07) is 4.86. The maximum absolute atomic E-state index is 13.6. The van der Waals surface area contributed by atoms with E-state index in [2.05, 4.69) is 27.9 Å². The van der Waals surface area contributed by atoms with Crippen LogP contribution in [0.3, 0.4) is 0 Å². The van der Waals surface area contributed by atoms with Crippen LogP contribution in [0, 0.1) is 12.7 Å². The van der Waals surface area contributed by atoms with Gasteiger partial charge in [-0.1, -0.05) is 34.7 Å². The molecule has 1 amide bonds. The SMILES string of the molecule is Cc1cccc(C(=O)NCCCCI)c1F. The Kier molecular flexibility index (Phi) is 5.73. The molecule has 0 unspecified atom stereocenters. The first-order valence-electron chi connectivity index (χ1n) is 5.26. The van der Waals surface area contributed by atoms with Gasteiger partial charge >= 0.3 is 0 Å². The van der Waals surface area contributed by atoms with Gasteiger partial charge in [0.15, 0.2) is 0 Å². The van der Waals surface area contributed by atoms with E-state index in [0.717, 1.165) is 17.3 Å². The number of carbonyl (C=O) groups is 1. The molecule has 16 heavy (non-hydrogen) atoms. The molecule has 0 spiro atoms. The monoisotopic (exact) mass is 335 g/mol. The highest BCUT2D eigenvalue weighted by molar-refractivity contribution is 14.1. The average molecular weight is 335 g/mol. The molecule has 0 aliphatic carbocycles. The van der Waals surface area contributed by atoms with E-state index in [0.29, 0.717) is 12.1 Å². The second kappa shape index (κ2) is 6.83. The summed E-state index contributed by atoms with van der Waals surface area (Å²) >= 11 is 2.29. The Balaban J connectivity index is 2.56. The molecule has 2 nitrogen and oxygen atoms in total. The van der Waals surface area contributed by atoms with Crippen molar-refractivity contribution >= 4 is 28.5 Å². The zero-order valence-electron chi connectivity index (χ0n) is 9.22. The summed E-state index contributed by atoms with van der Waals surface area (Å²) in [6.45, 7) is 2.26. The minimum atomic E-state index is -0.422. The fraction of sp³-hybridized carbons (Fsp3) is 0.417. The maximum Gasteiger partial charge on any atom is 0.254 e. The molecule has 1 aromatic carbocycles. The van der Waals surface area contributed by atoms with Gasteiger partial charge in [-0.3, -0.25) is 4.79 Å². The number of carbonyl (C=O) groups excluding carboxylic acids is 1. The minimum Gasteiger partial charge on any atom is -0.352 e. The lowest BCUT2D eigenvalue weighted by molar-refractivity contribution is 0.0949. The smallest absolute Gasteiger partial charge is 0.254 e. The van der Waals surface area contributed by atoms with E-state index in [9.17, 15) is 9.18 Å². The first kappa shape index (κ1) is 13.4. The molecule has 0 heterocycles. The van der Waals surface area contributed by atoms with Crippen LogP contribution in [0.5, 0.6) is 0 Å². The summed E-state index contributed by atoms with van der Waals surface area (Å²) in [5.74, 6) is -0.747. The Morgan fingerprint density at radius 3 is 2.88 bits per heavy atom. The van der Waals surface area contributed by atoms with Gasteiger partial charge < -0.3 is 5.32 Å². The van der Waals surface area contributed by atoms with Crippen molar-refractivity contribution in [2.75, 3.05) is 11.0 Å². The molecular formula is C12H15FINO. The van der Waals surface area contributed by atoms with Crippen molar-refractivity contribution in [1.29, 1.82) is 0 Å². The van der Waals surface area contributed by atoms with E-state index in [1.165, 1.54) is 6.07 Å². The van der Waals surface area contributed by atoms with E-state index < -0.39 is 5.82 Å². The number of alkyl halides is 1. The van der Waals surface area contributed by atoms with Gasteiger partial charge in [0.05, 0.1) is 5.56 Å². The number of amides is 1. The predicted octanol–water partition coefficient (Wildman–Crippen LogP) is 3.08. The Morgan fingerprint density at radius 1 is 1.44 bits per heavy atom. The van der Waals surface area contributed by atoms with Gasteiger partial charge in [-0.2, -0.15) is 0 Å². The quantitative estimate of drug-likeness (QED) is 0.500. The summed E-state index contributed by atoms with van der Waals surface area (Å²) in [5, 5.41) is 2.72. The molecule has 1 N–H and O–H groups in total. The molecule has 0 radical (unpaired) electrons. The molecule has 0 atom stereocenters. The lowest BCUT2D eigenvalue weighted by Gasteiger charge is -2.06. The normalized spacial score (nSPS) is 10.2. The number of aryl methyl sites for hydroxylation is 1. The third kappa shape index (κ3) is 3.73. The first-order chi connectivity index (χ1) is 7.66. The average Bonchev–Trinajstić information content (AvgIpc) is 2.28. The van der Waals surface area contributed by atoms with Crippen LogP contribution in [0.2, 0.25) is 0 Å². The van der Waals surface area contributed by atoms with Crippen LogP contribution in [0.15, 0.2) is 18.2 Å². The van der Waals surface area contributed by atoms with Crippen LogP contribution < -0.4 is 5.32 Å². The standard InChI is InChI=1S/C12H15FINO/c1-9-5-4-6-10(11(9)13)12(16)15-8-3-2-7-14/h4-6H,2-3,7-8H2,1H3,(H,15,16). The molecule has 1 aromatic rings. The fourth-order valence-electron chi connectivity index (χ4n) is 1.34. The number of hydrogen-bond acceptors (Lipinski definition) is 1. The molecular weight excluding hydrogens is 320 g/mol. The van der Waals surface area contributed by atoms with Gasteiger partial charge in [0.25, 0.3) is 5.91 Å². The Morgan fingerprint density at radius 2 is 2.19 bits per heavy atom. The van der Waals surface area contributed by atoms with E-state index in [1.807, 2.05) is 0 Å². The van der Waals surface area contributed by atoms with Crippen molar-refractivity contribution in [1.82, 2.24) is 5.32 Å². The Hall–Kier alpha value is -0.650. The van der Waals surface area contributed by atoms with Crippen molar-refractivity contribution in [2.24, 2.45) is 0 Å². The van der Waals surface area contributed by atoms with E-state index in [4.69, 9.17) is 0 Å². The Bertz CT molecular complexity index is 368. The predicted molar refractivity (Wildman–Crippen MR) is 71.6 cm³/mol. The second-order valence-corrected chi connectivity index (χ2v) is 4.67. The zero-order valence-corrected chi connectivity index (χ0v) is 11.4. The summed E-state index contributed by atoms with van der Waals surface area (Å²) in [6.07, 6.45) is 2.00. The summed E-state index contributed by atoms with van der Waals surface area (Å²) in [7, 11) is 0. The molecule has 0 saturated heterocycles. The van der Waals surface area contributed by atoms with Crippen molar-refractivity contribution in [3.63, 3.8) is 0 Å². The summed E-state index contributed by atoms with van der Waals surface area (Å²) in [5.41, 5.74) is 0.634. The van der Waals surface area contributed by atoms with Crippen LogP contribution in [0.25, 0.3) is 0 Å². The minimum absolute atomic E-state index is 0.134. The topological polar surface area (TPSA) is 29.1 Å². The molecule has 4 heteroatoms. The fourth-order valence-corrected chi connectivity index (χ4v) is 1.88. The van der Waals surface area contributed by atoms with Crippen molar-refractivity contribution in [3.05, 3.63) is 35.1 Å². The maximum atomic E-state index is 13.6. The second-order valence-electron chi connectivity index (χ2n) is 3.59. The number of rotatable bonds is 5. The molecule has 0 aliphatic heterocycles. The molecule has 0 fully saturated rings. The number of unbranched alkanes of at least 4 members (excludes halogenated alkanes) is 1. The molecule has 88 valence electrons. The van der Waals surface area contributed by atoms with Crippen LogP contribution in [0.1, 0.15) is 28.8 Å². The highest BCUT2D eigenvalue weighted by Gasteiger charge is 2.11. The molecule has 0 saturated carbocycles. The third-order valence-electron chi connectivity index (χ3n) is 2.28. The first-order valence-corrected chi connectivity index (χ1v) is 6.78. The van der Waals surface area contributed by atoms with Crippen molar-refractivity contribution in [2.45, 2.75) is 19.8 Å². The van der Waals surface area contributed by atoms with E-state index >= 15 is 0 Å². The third-order valence-corrected chi connectivity index (χ3v) is 3.05. The van der Waals surface area contributed by atoms with E-state index in [-0.39, 0.29) is 11.5 Å². The van der Waals surface area contributed by atoms with Crippen LogP contribution >= 0.6 is 22.6 Å². The summed E-state index contributed by atoms with van der Waals surface area (Å²) in [4.78, 5) is 11.6. The van der Waals surface area contributed by atoms with Crippen LogP contribution in [-0.4, -0.2) is 16.9 Å². The van der Waals surface area contributed by atoms with Crippen LogP contribution in [0.4, 0.5) is 4.39 Å². The van der Waals surface area contributed by atoms with Crippen molar-refractivity contribution < 1.29 is 9.18 Å². The number of halogens is 2. The van der Waals surface area contributed by atoms with Gasteiger partial charge in [0.2, 0.25) is 0 Å². The van der Waals surface area contributed by atoms with Gasteiger partial charge in [-0.15, -0.1) is 0 Å². The van der Waals surface area contributed by atoms with E-state index in [1.54, 1.807) is 19.1 Å². The molecule has 1 rings (SSSR count). The van der Waals surface area contributed by atoms with Crippen molar-refractivity contribution in [3.8, 4) is 0 Å². The number of benzene rings is 1. The highest BCUT2D eigenvalue weighted by atomic mass is 127.